The molecule has 0 unspecified atom stereocenters. The number of hydrogen-bond acceptors (Lipinski definition) is 2. The fourth-order valence-corrected chi connectivity index (χ4v) is 0.593. The average Bonchev–Trinajstić information content (AvgIpc) is 2.31. The van der Waals surface area contributed by atoms with Crippen molar-refractivity contribution in [3.63, 3.8) is 0 Å². The lowest BCUT2D eigenvalue weighted by Gasteiger charge is -1.93. The minimum atomic E-state index is -0.199. The molecule has 0 fully saturated rings. The van der Waals surface area contributed by atoms with Gasteiger partial charge in [0, 0.05) is 6.20 Å². The Morgan fingerprint density at radius 3 is 2.06 bits per heavy atom. The summed E-state index contributed by atoms with van der Waals surface area (Å²) in [4.78, 5) is 15.1. The standard InChI is InChI=1S/C11H15NO.C2H6.CH4/c1-5-9(4)8-12-10(6-2)11(13)7-3;1-2;/h6-8H,2-3,5H2,1,4H3;1-2H3;1H4. The minimum absolute atomic E-state index is 0. The predicted molar refractivity (Wildman–Crippen MR) is 75.0 cm³/mol. The summed E-state index contributed by atoms with van der Waals surface area (Å²) in [5.41, 5.74) is 1.46. The van der Waals surface area contributed by atoms with Crippen LogP contribution in [0.2, 0.25) is 0 Å². The van der Waals surface area contributed by atoms with Crippen LogP contribution < -0.4 is 0 Å². The maximum atomic E-state index is 11.1. The number of ketones is 1. The molecule has 0 saturated heterocycles. The van der Waals surface area contributed by atoms with Crippen LogP contribution in [0.3, 0.4) is 0 Å². The summed E-state index contributed by atoms with van der Waals surface area (Å²) in [5, 5.41) is 0. The van der Waals surface area contributed by atoms with Crippen LogP contribution >= 0.6 is 0 Å². The van der Waals surface area contributed by atoms with Crippen molar-refractivity contribution in [2.45, 2.75) is 41.5 Å². The van der Waals surface area contributed by atoms with E-state index in [1.807, 2.05) is 27.7 Å². The molecule has 0 rings (SSSR count). The van der Waals surface area contributed by atoms with Crippen molar-refractivity contribution in [2.24, 2.45) is 4.99 Å². The van der Waals surface area contributed by atoms with E-state index in [9.17, 15) is 4.79 Å². The lowest BCUT2D eigenvalue weighted by atomic mass is 10.2. The van der Waals surface area contributed by atoms with Gasteiger partial charge in [0.1, 0.15) is 5.71 Å². The second kappa shape index (κ2) is 13.6. The molecule has 0 aromatic rings. The van der Waals surface area contributed by atoms with E-state index in [4.69, 9.17) is 0 Å². The number of aliphatic imine (C=N–C) groups is 1. The topological polar surface area (TPSA) is 29.4 Å². The van der Waals surface area contributed by atoms with Crippen molar-refractivity contribution in [1.29, 1.82) is 0 Å². The molecule has 16 heavy (non-hydrogen) atoms. The third-order valence-electron chi connectivity index (χ3n) is 1.61. The zero-order valence-electron chi connectivity index (χ0n) is 10.2. The van der Waals surface area contributed by atoms with Gasteiger partial charge in [0.05, 0.1) is 0 Å². The minimum Gasteiger partial charge on any atom is -0.288 e. The lowest BCUT2D eigenvalue weighted by Crippen LogP contribution is -2.06. The van der Waals surface area contributed by atoms with Crippen molar-refractivity contribution >= 4 is 11.5 Å². The molecule has 92 valence electrons. The van der Waals surface area contributed by atoms with Gasteiger partial charge in [-0.05, 0) is 25.5 Å². The third-order valence-corrected chi connectivity index (χ3v) is 1.61. The first kappa shape index (κ1) is 20.0. The molecular formula is C14H25NO. The molecule has 0 spiro atoms. The highest BCUT2D eigenvalue weighted by molar-refractivity contribution is 6.47. The smallest absolute Gasteiger partial charge is 0.203 e. The number of allylic oxidation sites excluding steroid dienone is 3. The van der Waals surface area contributed by atoms with Crippen molar-refractivity contribution in [2.75, 3.05) is 0 Å². The molecule has 0 radical (unpaired) electrons. The van der Waals surface area contributed by atoms with Crippen LogP contribution in [0.25, 0.3) is 0 Å². The van der Waals surface area contributed by atoms with Crippen LogP contribution in [0.15, 0.2) is 42.1 Å². The van der Waals surface area contributed by atoms with Gasteiger partial charge in [-0.3, -0.25) is 9.79 Å². The van der Waals surface area contributed by atoms with Gasteiger partial charge in [-0.2, -0.15) is 0 Å². The summed E-state index contributed by atoms with van der Waals surface area (Å²) < 4.78 is 0. The predicted octanol–water partition coefficient (Wildman–Crippen LogP) is 4.34. The molecule has 0 bridgehead atoms. The first-order valence-corrected chi connectivity index (χ1v) is 5.18. The first-order chi connectivity index (χ1) is 7.15. The van der Waals surface area contributed by atoms with E-state index >= 15 is 0 Å². The molecule has 0 saturated carbocycles. The van der Waals surface area contributed by atoms with E-state index in [0.717, 1.165) is 12.0 Å². The van der Waals surface area contributed by atoms with E-state index in [0.29, 0.717) is 5.71 Å². The van der Waals surface area contributed by atoms with Crippen molar-refractivity contribution < 1.29 is 4.79 Å². The Morgan fingerprint density at radius 1 is 1.25 bits per heavy atom. The highest BCUT2D eigenvalue weighted by atomic mass is 16.1. The molecule has 0 aliphatic heterocycles. The van der Waals surface area contributed by atoms with Gasteiger partial charge in [0.15, 0.2) is 0 Å². The van der Waals surface area contributed by atoms with Gasteiger partial charge in [0.25, 0.3) is 0 Å². The first-order valence-electron chi connectivity index (χ1n) is 5.18. The highest BCUT2D eigenvalue weighted by Gasteiger charge is 2.00. The van der Waals surface area contributed by atoms with E-state index in [1.54, 1.807) is 6.20 Å². The summed E-state index contributed by atoms with van der Waals surface area (Å²) in [7, 11) is 0. The molecule has 0 aliphatic carbocycles. The van der Waals surface area contributed by atoms with Crippen molar-refractivity contribution in [3.8, 4) is 0 Å². The second-order valence-electron chi connectivity index (χ2n) is 2.62. The number of carbonyl (C=O) groups excluding carboxylic acids is 1. The molecule has 0 aromatic carbocycles. The quantitative estimate of drug-likeness (QED) is 0.503. The molecule has 2 heteroatoms. The Bertz CT molecular complexity index is 272. The molecule has 0 N–H and O–H groups in total. The summed E-state index contributed by atoms with van der Waals surface area (Å²) in [5.74, 6) is -0.199. The van der Waals surface area contributed by atoms with E-state index in [2.05, 4.69) is 18.2 Å². The van der Waals surface area contributed by atoms with Crippen LogP contribution in [-0.2, 0) is 4.79 Å². The molecule has 0 atom stereocenters. The van der Waals surface area contributed by atoms with Gasteiger partial charge < -0.3 is 0 Å². The Hall–Kier alpha value is -1.44. The third kappa shape index (κ3) is 9.13. The maximum absolute atomic E-state index is 11.1. The summed E-state index contributed by atoms with van der Waals surface area (Å²) >= 11 is 0. The number of hydrogen-bond donors (Lipinski definition) is 0. The van der Waals surface area contributed by atoms with Gasteiger partial charge in [0.2, 0.25) is 5.78 Å². The van der Waals surface area contributed by atoms with Crippen LogP contribution in [0.4, 0.5) is 0 Å². The van der Waals surface area contributed by atoms with Crippen molar-refractivity contribution in [3.05, 3.63) is 37.1 Å². The Balaban J connectivity index is -0.000000529. The fourth-order valence-electron chi connectivity index (χ4n) is 0.593. The largest absolute Gasteiger partial charge is 0.288 e. The van der Waals surface area contributed by atoms with Gasteiger partial charge >= 0.3 is 0 Å². The molecule has 0 aromatic heterocycles. The SMILES string of the molecule is C.C=CC(=O)C(C=C)=NC=C(C)CC.CC. The zero-order chi connectivity index (χ0) is 12.3. The number of nitrogens with zero attached hydrogens (tertiary/aromatic N) is 1. The molecule has 0 aliphatic rings. The highest BCUT2D eigenvalue weighted by Crippen LogP contribution is 1.98. The van der Waals surface area contributed by atoms with Crippen LogP contribution in [0.1, 0.15) is 41.5 Å². The Morgan fingerprint density at radius 2 is 1.75 bits per heavy atom. The van der Waals surface area contributed by atoms with Crippen LogP contribution in [0.5, 0.6) is 0 Å². The number of rotatable bonds is 5. The Labute approximate surface area is 100 Å². The van der Waals surface area contributed by atoms with Gasteiger partial charge in [-0.1, -0.05) is 46.9 Å². The van der Waals surface area contributed by atoms with Crippen LogP contribution in [-0.4, -0.2) is 11.5 Å². The van der Waals surface area contributed by atoms with E-state index in [1.165, 1.54) is 12.2 Å². The second-order valence-corrected chi connectivity index (χ2v) is 2.62. The van der Waals surface area contributed by atoms with E-state index in [-0.39, 0.29) is 13.2 Å². The monoisotopic (exact) mass is 223 g/mol. The molecule has 0 amide bonds. The van der Waals surface area contributed by atoms with Crippen molar-refractivity contribution in [1.82, 2.24) is 0 Å². The van der Waals surface area contributed by atoms with Crippen LogP contribution in [0, 0.1) is 0 Å². The lowest BCUT2D eigenvalue weighted by molar-refractivity contribution is -0.108. The zero-order valence-corrected chi connectivity index (χ0v) is 10.2. The maximum Gasteiger partial charge on any atom is 0.203 e. The molecule has 0 heterocycles. The normalized spacial score (nSPS) is 10.5. The van der Waals surface area contributed by atoms with Gasteiger partial charge in [-0.25, -0.2) is 0 Å². The summed E-state index contributed by atoms with van der Waals surface area (Å²) in [6, 6.07) is 0. The Kier molecular flexibility index (Phi) is 17.0. The van der Waals surface area contributed by atoms with E-state index < -0.39 is 0 Å². The summed E-state index contributed by atoms with van der Waals surface area (Å²) in [6.45, 7) is 14.9. The molecule has 2 nitrogen and oxygen atoms in total. The average molecular weight is 223 g/mol. The summed E-state index contributed by atoms with van der Waals surface area (Å²) in [6.07, 6.45) is 5.27. The van der Waals surface area contributed by atoms with Gasteiger partial charge in [-0.15, -0.1) is 0 Å². The number of carbonyl (C=O) groups is 1. The molecular weight excluding hydrogens is 198 g/mol. The fraction of sp³-hybridized carbons (Fsp3) is 0.429.